The minimum absolute atomic E-state index is 0.222. The third-order valence-corrected chi connectivity index (χ3v) is 4.29. The van der Waals surface area contributed by atoms with Crippen LogP contribution in [0.2, 0.25) is 0 Å². The van der Waals surface area contributed by atoms with E-state index < -0.39 is 0 Å². The summed E-state index contributed by atoms with van der Waals surface area (Å²) in [5.41, 5.74) is 0. The average molecular weight is 255 g/mol. The van der Waals surface area contributed by atoms with Crippen LogP contribution in [0.1, 0.15) is 38.5 Å². The monoisotopic (exact) mass is 255 g/mol. The van der Waals surface area contributed by atoms with Crippen LogP contribution in [0.5, 0.6) is 0 Å². The SMILES string of the molecule is C(COCC1CC1)NC1CCC2(CC1)OCCO2. The Balaban J connectivity index is 1.25. The molecule has 0 radical (unpaired) electrons. The molecule has 0 aromatic heterocycles. The van der Waals surface area contributed by atoms with E-state index in [1.807, 2.05) is 0 Å². The molecule has 2 aliphatic carbocycles. The fraction of sp³-hybridized carbons (Fsp3) is 1.00. The molecule has 1 aliphatic heterocycles. The third-order valence-electron chi connectivity index (χ3n) is 4.29. The largest absolute Gasteiger partial charge is 0.380 e. The van der Waals surface area contributed by atoms with E-state index in [4.69, 9.17) is 14.2 Å². The zero-order valence-corrected chi connectivity index (χ0v) is 11.2. The van der Waals surface area contributed by atoms with Gasteiger partial charge in [0.25, 0.3) is 0 Å². The number of rotatable bonds is 6. The molecular formula is C14H25NO3. The first-order valence-corrected chi connectivity index (χ1v) is 7.45. The summed E-state index contributed by atoms with van der Waals surface area (Å²) < 4.78 is 17.1. The minimum atomic E-state index is -0.222. The van der Waals surface area contributed by atoms with Crippen molar-refractivity contribution in [3.05, 3.63) is 0 Å². The molecule has 1 spiro atoms. The van der Waals surface area contributed by atoms with Crippen LogP contribution in [0.3, 0.4) is 0 Å². The van der Waals surface area contributed by atoms with Gasteiger partial charge in [0.05, 0.1) is 19.8 Å². The Hall–Kier alpha value is -0.160. The van der Waals surface area contributed by atoms with E-state index in [2.05, 4.69) is 5.32 Å². The minimum Gasteiger partial charge on any atom is -0.380 e. The molecule has 2 saturated carbocycles. The number of nitrogens with one attached hydrogen (secondary N) is 1. The van der Waals surface area contributed by atoms with E-state index in [9.17, 15) is 0 Å². The molecule has 3 aliphatic rings. The molecule has 0 bridgehead atoms. The summed E-state index contributed by atoms with van der Waals surface area (Å²) in [4.78, 5) is 0. The van der Waals surface area contributed by atoms with E-state index in [1.54, 1.807) is 0 Å². The van der Waals surface area contributed by atoms with Crippen molar-refractivity contribution in [2.75, 3.05) is 33.0 Å². The van der Waals surface area contributed by atoms with Gasteiger partial charge in [-0.3, -0.25) is 0 Å². The average Bonchev–Trinajstić information content (AvgIpc) is 3.12. The van der Waals surface area contributed by atoms with Crippen molar-refractivity contribution in [1.82, 2.24) is 5.32 Å². The standard InChI is InChI=1S/C14H25NO3/c1-2-12(1)11-16-8-7-15-13-3-5-14(6-4-13)17-9-10-18-14/h12-13,15H,1-11H2. The lowest BCUT2D eigenvalue weighted by atomic mass is 9.90. The van der Waals surface area contributed by atoms with Gasteiger partial charge >= 0.3 is 0 Å². The highest BCUT2D eigenvalue weighted by Gasteiger charge is 2.40. The Morgan fingerprint density at radius 1 is 1.06 bits per heavy atom. The van der Waals surface area contributed by atoms with Crippen molar-refractivity contribution >= 4 is 0 Å². The van der Waals surface area contributed by atoms with Crippen LogP contribution in [0.4, 0.5) is 0 Å². The van der Waals surface area contributed by atoms with Crippen LogP contribution in [-0.4, -0.2) is 44.8 Å². The molecule has 0 aromatic carbocycles. The molecule has 0 amide bonds. The van der Waals surface area contributed by atoms with Gasteiger partial charge in [0, 0.05) is 32.0 Å². The molecule has 1 saturated heterocycles. The Morgan fingerprint density at radius 3 is 2.44 bits per heavy atom. The lowest BCUT2D eigenvalue weighted by Crippen LogP contribution is -2.42. The second kappa shape index (κ2) is 5.87. The Labute approximate surface area is 109 Å². The molecule has 4 nitrogen and oxygen atoms in total. The first-order chi connectivity index (χ1) is 8.86. The predicted molar refractivity (Wildman–Crippen MR) is 68.4 cm³/mol. The quantitative estimate of drug-likeness (QED) is 0.733. The highest BCUT2D eigenvalue weighted by molar-refractivity contribution is 4.85. The van der Waals surface area contributed by atoms with Crippen LogP contribution in [0.25, 0.3) is 0 Å². The molecule has 3 fully saturated rings. The highest BCUT2D eigenvalue weighted by Crippen LogP contribution is 2.35. The van der Waals surface area contributed by atoms with Crippen LogP contribution in [0.15, 0.2) is 0 Å². The molecule has 104 valence electrons. The molecule has 3 rings (SSSR count). The van der Waals surface area contributed by atoms with E-state index in [1.165, 1.54) is 12.8 Å². The third kappa shape index (κ3) is 3.44. The lowest BCUT2D eigenvalue weighted by Gasteiger charge is -2.35. The summed E-state index contributed by atoms with van der Waals surface area (Å²) in [6.07, 6.45) is 7.13. The molecule has 0 aromatic rings. The molecule has 1 N–H and O–H groups in total. The molecule has 4 heteroatoms. The van der Waals surface area contributed by atoms with Gasteiger partial charge in [0.1, 0.15) is 0 Å². The van der Waals surface area contributed by atoms with Crippen LogP contribution in [0, 0.1) is 5.92 Å². The Morgan fingerprint density at radius 2 is 1.78 bits per heavy atom. The van der Waals surface area contributed by atoms with Gasteiger partial charge in [-0.1, -0.05) is 0 Å². The fourth-order valence-electron chi connectivity index (χ4n) is 2.92. The summed E-state index contributed by atoms with van der Waals surface area (Å²) in [7, 11) is 0. The van der Waals surface area contributed by atoms with Crippen molar-refractivity contribution < 1.29 is 14.2 Å². The maximum atomic E-state index is 5.73. The first-order valence-electron chi connectivity index (χ1n) is 7.45. The summed E-state index contributed by atoms with van der Waals surface area (Å²) in [6.45, 7) is 4.34. The lowest BCUT2D eigenvalue weighted by molar-refractivity contribution is -0.179. The van der Waals surface area contributed by atoms with Crippen LogP contribution in [-0.2, 0) is 14.2 Å². The van der Waals surface area contributed by atoms with Crippen molar-refractivity contribution in [3.63, 3.8) is 0 Å². The Bertz CT molecular complexity index is 252. The predicted octanol–water partition coefficient (Wildman–Crippen LogP) is 1.69. The van der Waals surface area contributed by atoms with Gasteiger partial charge in [-0.05, 0) is 31.6 Å². The van der Waals surface area contributed by atoms with Gasteiger partial charge in [0.2, 0.25) is 0 Å². The van der Waals surface area contributed by atoms with Gasteiger partial charge in [-0.15, -0.1) is 0 Å². The van der Waals surface area contributed by atoms with E-state index in [-0.39, 0.29) is 5.79 Å². The maximum Gasteiger partial charge on any atom is 0.168 e. The second-order valence-electron chi connectivity index (χ2n) is 5.85. The zero-order chi connectivity index (χ0) is 12.3. The number of ether oxygens (including phenoxy) is 3. The van der Waals surface area contributed by atoms with Gasteiger partial charge < -0.3 is 19.5 Å². The fourth-order valence-corrected chi connectivity index (χ4v) is 2.92. The maximum absolute atomic E-state index is 5.73. The summed E-state index contributed by atoms with van der Waals surface area (Å²) in [5.74, 6) is 0.650. The van der Waals surface area contributed by atoms with Crippen molar-refractivity contribution in [2.24, 2.45) is 5.92 Å². The second-order valence-corrected chi connectivity index (χ2v) is 5.85. The summed E-state index contributed by atoms with van der Waals surface area (Å²) >= 11 is 0. The zero-order valence-electron chi connectivity index (χ0n) is 11.2. The topological polar surface area (TPSA) is 39.7 Å². The molecule has 0 atom stereocenters. The van der Waals surface area contributed by atoms with Crippen LogP contribution >= 0.6 is 0 Å². The first kappa shape index (κ1) is 12.9. The Kier molecular flexibility index (Phi) is 4.19. The van der Waals surface area contributed by atoms with Gasteiger partial charge in [0.15, 0.2) is 5.79 Å². The molecule has 1 heterocycles. The molecule has 0 unspecified atom stereocenters. The number of hydrogen-bond acceptors (Lipinski definition) is 4. The normalized spacial score (nSPS) is 28.0. The number of hydrogen-bond donors (Lipinski definition) is 1. The van der Waals surface area contributed by atoms with E-state index >= 15 is 0 Å². The van der Waals surface area contributed by atoms with Crippen molar-refractivity contribution in [1.29, 1.82) is 0 Å². The van der Waals surface area contributed by atoms with Gasteiger partial charge in [-0.2, -0.15) is 0 Å². The highest BCUT2D eigenvalue weighted by atomic mass is 16.7. The van der Waals surface area contributed by atoms with E-state index in [0.29, 0.717) is 6.04 Å². The summed E-state index contributed by atoms with van der Waals surface area (Å²) in [5, 5.41) is 3.59. The van der Waals surface area contributed by atoms with E-state index in [0.717, 1.165) is 64.6 Å². The molecule has 18 heavy (non-hydrogen) atoms. The smallest absolute Gasteiger partial charge is 0.168 e. The van der Waals surface area contributed by atoms with Crippen molar-refractivity contribution in [3.8, 4) is 0 Å². The molecular weight excluding hydrogens is 230 g/mol. The summed E-state index contributed by atoms with van der Waals surface area (Å²) in [6, 6.07) is 0.618. The van der Waals surface area contributed by atoms with Gasteiger partial charge in [-0.25, -0.2) is 0 Å². The van der Waals surface area contributed by atoms with Crippen molar-refractivity contribution in [2.45, 2.75) is 50.4 Å². The van der Waals surface area contributed by atoms with Crippen LogP contribution < -0.4 is 5.32 Å².